The first kappa shape index (κ1) is 21.4. The third-order valence-electron chi connectivity index (χ3n) is 3.84. The highest BCUT2D eigenvalue weighted by atomic mass is 32.2. The highest BCUT2D eigenvalue weighted by Crippen LogP contribution is 2.17. The van der Waals surface area contributed by atoms with Crippen LogP contribution in [-0.4, -0.2) is 27.9 Å². The summed E-state index contributed by atoms with van der Waals surface area (Å²) in [4.78, 5) is 11.8. The van der Waals surface area contributed by atoms with Crippen LogP contribution in [0.25, 0.3) is 0 Å². The van der Waals surface area contributed by atoms with Crippen LogP contribution in [-0.2, 0) is 19.1 Å². The molecule has 1 aromatic carbocycles. The van der Waals surface area contributed by atoms with Crippen molar-refractivity contribution in [1.29, 1.82) is 0 Å². The van der Waals surface area contributed by atoms with Crippen molar-refractivity contribution in [3.05, 3.63) is 36.9 Å². The molecule has 0 aliphatic rings. The summed E-state index contributed by atoms with van der Waals surface area (Å²) < 4.78 is 33.9. The number of benzene rings is 1. The van der Waals surface area contributed by atoms with Gasteiger partial charge in [-0.15, -0.1) is 6.58 Å². The summed E-state index contributed by atoms with van der Waals surface area (Å²) in [6.07, 6.45) is 9.68. The van der Waals surface area contributed by atoms with Crippen LogP contribution in [0, 0.1) is 0 Å². The van der Waals surface area contributed by atoms with Crippen molar-refractivity contribution in [3.63, 3.8) is 0 Å². The van der Waals surface area contributed by atoms with Crippen molar-refractivity contribution >= 4 is 15.9 Å². The Balaban J connectivity index is 2.22. The van der Waals surface area contributed by atoms with Gasteiger partial charge in [0.1, 0.15) is 12.4 Å². The summed E-state index contributed by atoms with van der Waals surface area (Å²) in [5, 5.41) is 0. The van der Waals surface area contributed by atoms with E-state index in [0.717, 1.165) is 32.1 Å². The lowest BCUT2D eigenvalue weighted by Gasteiger charge is -2.06. The van der Waals surface area contributed by atoms with Crippen molar-refractivity contribution in [2.75, 3.05) is 13.7 Å². The molecular weight excluding hydrogens is 340 g/mol. The zero-order valence-electron chi connectivity index (χ0n) is 14.9. The standard InChI is InChI=1S/C19H28O5S/c1-3-4-5-6-7-8-9-10-11-17(20)16-24-25(21,22)19-14-12-18(23-2)13-15-19/h3,12-15H,1,4-11,16H2,2H3. The van der Waals surface area contributed by atoms with Crippen LogP contribution in [0.4, 0.5) is 0 Å². The highest BCUT2D eigenvalue weighted by Gasteiger charge is 2.17. The average molecular weight is 368 g/mol. The van der Waals surface area contributed by atoms with Gasteiger partial charge in [-0.05, 0) is 43.5 Å². The van der Waals surface area contributed by atoms with Gasteiger partial charge in [-0.25, -0.2) is 0 Å². The third kappa shape index (κ3) is 8.84. The monoisotopic (exact) mass is 368 g/mol. The van der Waals surface area contributed by atoms with E-state index in [4.69, 9.17) is 8.92 Å². The van der Waals surface area contributed by atoms with E-state index in [9.17, 15) is 13.2 Å². The first-order valence-electron chi connectivity index (χ1n) is 8.65. The number of Topliss-reactive ketones (excluding diaryl/α,β-unsaturated/α-hetero) is 1. The number of ether oxygens (including phenoxy) is 1. The molecule has 1 aromatic rings. The van der Waals surface area contributed by atoms with Crippen molar-refractivity contribution in [2.24, 2.45) is 0 Å². The summed E-state index contributed by atoms with van der Waals surface area (Å²) >= 11 is 0. The number of carbonyl (C=O) groups is 1. The number of methoxy groups -OCH3 is 1. The minimum Gasteiger partial charge on any atom is -0.497 e. The summed E-state index contributed by atoms with van der Waals surface area (Å²) in [5.41, 5.74) is 0. The van der Waals surface area contributed by atoms with Crippen LogP contribution in [0.3, 0.4) is 0 Å². The molecular formula is C19H28O5S. The molecule has 0 saturated carbocycles. The van der Waals surface area contributed by atoms with Crippen LogP contribution < -0.4 is 4.74 Å². The predicted octanol–water partition coefficient (Wildman–Crippen LogP) is 4.28. The molecule has 0 aromatic heterocycles. The van der Waals surface area contributed by atoms with E-state index in [1.54, 1.807) is 0 Å². The Morgan fingerprint density at radius 1 is 1.04 bits per heavy atom. The second-order valence-electron chi connectivity index (χ2n) is 5.88. The maximum absolute atomic E-state index is 12.0. The zero-order valence-corrected chi connectivity index (χ0v) is 15.7. The third-order valence-corrected chi connectivity index (χ3v) is 5.11. The van der Waals surface area contributed by atoms with Gasteiger partial charge in [-0.3, -0.25) is 8.98 Å². The lowest BCUT2D eigenvalue weighted by Crippen LogP contribution is -2.14. The second kappa shape index (κ2) is 11.8. The van der Waals surface area contributed by atoms with E-state index in [0.29, 0.717) is 12.2 Å². The molecule has 0 aliphatic heterocycles. The number of hydrogen-bond donors (Lipinski definition) is 0. The predicted molar refractivity (Wildman–Crippen MR) is 98.3 cm³/mol. The Kier molecular flexibility index (Phi) is 10.1. The molecule has 0 atom stereocenters. The molecule has 0 radical (unpaired) electrons. The van der Waals surface area contributed by atoms with Gasteiger partial charge < -0.3 is 4.74 Å². The van der Waals surface area contributed by atoms with Gasteiger partial charge in [0.15, 0.2) is 5.78 Å². The summed E-state index contributed by atoms with van der Waals surface area (Å²) in [6.45, 7) is 3.28. The first-order valence-corrected chi connectivity index (χ1v) is 10.1. The van der Waals surface area contributed by atoms with Crippen molar-refractivity contribution < 1.29 is 22.1 Å². The summed E-state index contributed by atoms with van der Waals surface area (Å²) in [5.74, 6) is 0.364. The Morgan fingerprint density at radius 2 is 1.64 bits per heavy atom. The van der Waals surface area contributed by atoms with Crippen LogP contribution in [0.2, 0.25) is 0 Å². The molecule has 0 bridgehead atoms. The van der Waals surface area contributed by atoms with Crippen molar-refractivity contribution in [2.45, 2.75) is 56.3 Å². The Bertz CT molecular complexity index is 620. The van der Waals surface area contributed by atoms with E-state index >= 15 is 0 Å². The molecule has 0 N–H and O–H groups in total. The summed E-state index contributed by atoms with van der Waals surface area (Å²) in [7, 11) is -2.41. The van der Waals surface area contributed by atoms with E-state index in [1.807, 2.05) is 6.08 Å². The molecule has 0 spiro atoms. The largest absolute Gasteiger partial charge is 0.497 e. The fourth-order valence-corrected chi connectivity index (χ4v) is 3.24. The minimum absolute atomic E-state index is 0.0145. The Hall–Kier alpha value is -1.66. The van der Waals surface area contributed by atoms with Gasteiger partial charge >= 0.3 is 0 Å². The molecule has 6 heteroatoms. The molecule has 140 valence electrons. The van der Waals surface area contributed by atoms with Gasteiger partial charge in [0.05, 0.1) is 12.0 Å². The van der Waals surface area contributed by atoms with Crippen LogP contribution in [0.5, 0.6) is 5.75 Å². The maximum Gasteiger partial charge on any atom is 0.297 e. The van der Waals surface area contributed by atoms with E-state index in [-0.39, 0.29) is 10.7 Å². The van der Waals surface area contributed by atoms with Crippen molar-refractivity contribution in [1.82, 2.24) is 0 Å². The molecule has 0 heterocycles. The SMILES string of the molecule is C=CCCCCCCCCC(=O)COS(=O)(=O)c1ccc(OC)cc1. The Labute approximate surface area is 151 Å². The first-order chi connectivity index (χ1) is 12.0. The molecule has 25 heavy (non-hydrogen) atoms. The fraction of sp³-hybridized carbons (Fsp3) is 0.526. The van der Waals surface area contributed by atoms with Crippen LogP contribution in [0.1, 0.15) is 51.4 Å². The quantitative estimate of drug-likeness (QED) is 0.278. The van der Waals surface area contributed by atoms with Gasteiger partial charge in [0, 0.05) is 6.42 Å². The zero-order chi connectivity index (χ0) is 18.5. The highest BCUT2D eigenvalue weighted by molar-refractivity contribution is 7.86. The maximum atomic E-state index is 12.0. The van der Waals surface area contributed by atoms with E-state index < -0.39 is 16.7 Å². The second-order valence-corrected chi connectivity index (χ2v) is 7.49. The number of rotatable bonds is 14. The number of hydrogen-bond acceptors (Lipinski definition) is 5. The molecule has 0 fully saturated rings. The molecule has 0 aliphatic carbocycles. The topological polar surface area (TPSA) is 69.7 Å². The lowest BCUT2D eigenvalue weighted by molar-refractivity contribution is -0.121. The normalized spacial score (nSPS) is 11.2. The van der Waals surface area contributed by atoms with Gasteiger partial charge in [0.2, 0.25) is 0 Å². The summed E-state index contributed by atoms with van der Waals surface area (Å²) in [6, 6.07) is 5.86. The number of allylic oxidation sites excluding steroid dienone is 1. The fourth-order valence-electron chi connectivity index (χ4n) is 2.34. The Morgan fingerprint density at radius 3 is 2.24 bits per heavy atom. The number of unbranched alkanes of at least 4 members (excludes halogenated alkanes) is 6. The number of ketones is 1. The van der Waals surface area contributed by atoms with E-state index in [2.05, 4.69) is 6.58 Å². The molecule has 0 unspecified atom stereocenters. The lowest BCUT2D eigenvalue weighted by atomic mass is 10.1. The molecule has 0 saturated heterocycles. The minimum atomic E-state index is -3.91. The van der Waals surface area contributed by atoms with Crippen LogP contribution in [0.15, 0.2) is 41.8 Å². The number of carbonyl (C=O) groups excluding carboxylic acids is 1. The molecule has 1 rings (SSSR count). The van der Waals surface area contributed by atoms with Crippen LogP contribution >= 0.6 is 0 Å². The van der Waals surface area contributed by atoms with Gasteiger partial charge in [-0.1, -0.05) is 31.8 Å². The average Bonchev–Trinajstić information content (AvgIpc) is 2.62. The van der Waals surface area contributed by atoms with E-state index in [1.165, 1.54) is 44.2 Å². The molecule has 5 nitrogen and oxygen atoms in total. The smallest absolute Gasteiger partial charge is 0.297 e. The molecule has 0 amide bonds. The van der Waals surface area contributed by atoms with Crippen molar-refractivity contribution in [3.8, 4) is 5.75 Å². The van der Waals surface area contributed by atoms with Gasteiger partial charge in [-0.2, -0.15) is 8.42 Å². The van der Waals surface area contributed by atoms with Gasteiger partial charge in [0.25, 0.3) is 10.1 Å².